The van der Waals surface area contributed by atoms with Crippen LogP contribution in [0.25, 0.3) is 17.4 Å². The SMILES string of the molecule is O=c1/c(=C\c2ccc(-c3cccc(Cl)c3)o2)sc2n1CCCN=2. The lowest BCUT2D eigenvalue weighted by molar-refractivity contribution is 0.568. The molecule has 0 amide bonds. The molecule has 0 atom stereocenters. The van der Waals surface area contributed by atoms with Crippen molar-refractivity contribution < 1.29 is 4.42 Å². The van der Waals surface area contributed by atoms with Crippen LogP contribution in [-0.2, 0) is 6.54 Å². The van der Waals surface area contributed by atoms with Gasteiger partial charge in [0.15, 0.2) is 4.80 Å². The topological polar surface area (TPSA) is 47.5 Å². The fraction of sp³-hybridized carbons (Fsp3) is 0.176. The Labute approximate surface area is 141 Å². The molecule has 1 aromatic carbocycles. The van der Waals surface area contributed by atoms with Gasteiger partial charge in [-0.3, -0.25) is 14.4 Å². The van der Waals surface area contributed by atoms with Crippen molar-refractivity contribution in [1.82, 2.24) is 4.57 Å². The van der Waals surface area contributed by atoms with Crippen LogP contribution in [0.15, 0.2) is 50.6 Å². The average molecular weight is 345 g/mol. The molecule has 0 N–H and O–H groups in total. The number of fused-ring (bicyclic) bond motifs is 1. The highest BCUT2D eigenvalue weighted by atomic mass is 35.5. The number of nitrogens with zero attached hydrogens (tertiary/aromatic N) is 2. The minimum absolute atomic E-state index is 0.00848. The maximum absolute atomic E-state index is 12.4. The Morgan fingerprint density at radius 3 is 3.04 bits per heavy atom. The summed E-state index contributed by atoms with van der Waals surface area (Å²) in [5.41, 5.74) is 0.920. The minimum Gasteiger partial charge on any atom is -0.457 e. The molecule has 4 rings (SSSR count). The Kier molecular flexibility index (Phi) is 3.67. The van der Waals surface area contributed by atoms with E-state index in [0.717, 1.165) is 35.6 Å². The highest BCUT2D eigenvalue weighted by molar-refractivity contribution is 7.07. The summed E-state index contributed by atoms with van der Waals surface area (Å²) in [4.78, 5) is 17.6. The molecule has 0 saturated heterocycles. The number of benzene rings is 1. The van der Waals surface area contributed by atoms with Gasteiger partial charge in [0, 0.05) is 29.8 Å². The lowest BCUT2D eigenvalue weighted by Crippen LogP contribution is -2.33. The van der Waals surface area contributed by atoms with Gasteiger partial charge < -0.3 is 4.42 Å². The van der Waals surface area contributed by atoms with Gasteiger partial charge in [-0.1, -0.05) is 35.1 Å². The monoisotopic (exact) mass is 344 g/mol. The Morgan fingerprint density at radius 1 is 1.30 bits per heavy atom. The Morgan fingerprint density at radius 2 is 2.22 bits per heavy atom. The lowest BCUT2D eigenvalue weighted by Gasteiger charge is -2.03. The molecule has 6 heteroatoms. The second-order valence-electron chi connectivity index (χ2n) is 5.30. The highest BCUT2D eigenvalue weighted by Gasteiger charge is 2.10. The van der Waals surface area contributed by atoms with Gasteiger partial charge in [-0.2, -0.15) is 0 Å². The molecule has 0 unspecified atom stereocenters. The van der Waals surface area contributed by atoms with Crippen molar-refractivity contribution in [2.45, 2.75) is 13.0 Å². The normalized spacial score (nSPS) is 14.6. The zero-order valence-electron chi connectivity index (χ0n) is 12.2. The van der Waals surface area contributed by atoms with Gasteiger partial charge >= 0.3 is 0 Å². The van der Waals surface area contributed by atoms with E-state index in [0.29, 0.717) is 15.3 Å². The standard InChI is InChI=1S/C17H13ClN2O2S/c18-12-4-1-3-11(9-12)14-6-5-13(22-14)10-15-16(21)20-8-2-7-19-17(20)23-15/h1,3-6,9-10H,2,7-8H2/b15-10+. The Balaban J connectivity index is 1.76. The summed E-state index contributed by atoms with van der Waals surface area (Å²) in [6.45, 7) is 1.53. The molecule has 0 fully saturated rings. The number of halogens is 1. The van der Waals surface area contributed by atoms with Gasteiger partial charge in [0.25, 0.3) is 5.56 Å². The van der Waals surface area contributed by atoms with Crippen LogP contribution in [-0.4, -0.2) is 11.1 Å². The predicted octanol–water partition coefficient (Wildman–Crippen LogP) is 2.68. The van der Waals surface area contributed by atoms with Crippen molar-refractivity contribution in [3.05, 3.63) is 66.9 Å². The zero-order valence-corrected chi connectivity index (χ0v) is 13.7. The molecule has 1 aliphatic rings. The number of hydrogen-bond donors (Lipinski definition) is 0. The van der Waals surface area contributed by atoms with Crippen molar-refractivity contribution in [2.24, 2.45) is 4.99 Å². The van der Waals surface area contributed by atoms with E-state index in [4.69, 9.17) is 16.0 Å². The third-order valence-electron chi connectivity index (χ3n) is 3.68. The van der Waals surface area contributed by atoms with Crippen LogP contribution in [0.1, 0.15) is 12.2 Å². The minimum atomic E-state index is 0.00848. The van der Waals surface area contributed by atoms with Gasteiger partial charge in [-0.05, 0) is 30.7 Å². The lowest BCUT2D eigenvalue weighted by atomic mass is 10.2. The maximum atomic E-state index is 12.4. The van der Waals surface area contributed by atoms with Gasteiger partial charge in [-0.25, -0.2) is 0 Å². The summed E-state index contributed by atoms with van der Waals surface area (Å²) < 4.78 is 8.22. The number of hydrogen-bond acceptors (Lipinski definition) is 4. The Bertz CT molecular complexity index is 1050. The predicted molar refractivity (Wildman–Crippen MR) is 91.6 cm³/mol. The van der Waals surface area contributed by atoms with E-state index >= 15 is 0 Å². The summed E-state index contributed by atoms with van der Waals surface area (Å²) in [6.07, 6.45) is 2.70. The van der Waals surface area contributed by atoms with Crippen molar-refractivity contribution in [2.75, 3.05) is 6.54 Å². The number of thiazole rings is 1. The smallest absolute Gasteiger partial charge is 0.270 e. The first-order valence-electron chi connectivity index (χ1n) is 7.32. The summed E-state index contributed by atoms with van der Waals surface area (Å²) in [6, 6.07) is 11.2. The third-order valence-corrected chi connectivity index (χ3v) is 4.96. The van der Waals surface area contributed by atoms with Crippen LogP contribution in [0.5, 0.6) is 0 Å². The second kappa shape index (κ2) is 5.83. The van der Waals surface area contributed by atoms with Gasteiger partial charge in [0.2, 0.25) is 0 Å². The van der Waals surface area contributed by atoms with Crippen molar-refractivity contribution in [1.29, 1.82) is 0 Å². The summed E-state index contributed by atoms with van der Waals surface area (Å²) in [5.74, 6) is 1.38. The molecular formula is C17H13ClN2O2S. The van der Waals surface area contributed by atoms with Crippen LogP contribution >= 0.6 is 22.9 Å². The van der Waals surface area contributed by atoms with Gasteiger partial charge in [0.1, 0.15) is 11.5 Å². The molecule has 0 spiro atoms. The van der Waals surface area contributed by atoms with E-state index in [2.05, 4.69) is 4.99 Å². The van der Waals surface area contributed by atoms with E-state index in [1.54, 1.807) is 10.6 Å². The molecule has 0 radical (unpaired) electrons. The molecule has 1 aliphatic heterocycles. The van der Waals surface area contributed by atoms with Gasteiger partial charge in [0.05, 0.1) is 4.53 Å². The molecule has 3 aromatic rings. The fourth-order valence-electron chi connectivity index (χ4n) is 2.58. The molecule has 4 nitrogen and oxygen atoms in total. The zero-order chi connectivity index (χ0) is 15.8. The first kappa shape index (κ1) is 14.5. The molecule has 2 aromatic heterocycles. The molecule has 116 valence electrons. The van der Waals surface area contributed by atoms with E-state index in [1.807, 2.05) is 36.4 Å². The summed E-state index contributed by atoms with van der Waals surface area (Å²) in [5, 5.41) is 0.662. The maximum Gasteiger partial charge on any atom is 0.270 e. The van der Waals surface area contributed by atoms with Gasteiger partial charge in [-0.15, -0.1) is 0 Å². The Hall–Kier alpha value is -2.11. The molecule has 0 aliphatic carbocycles. The van der Waals surface area contributed by atoms with E-state index in [-0.39, 0.29) is 5.56 Å². The molecule has 0 saturated carbocycles. The number of aromatic nitrogens is 1. The molecule has 0 bridgehead atoms. The van der Waals surface area contributed by atoms with Crippen LogP contribution < -0.4 is 14.9 Å². The first-order valence-corrected chi connectivity index (χ1v) is 8.52. The van der Waals surface area contributed by atoms with Crippen LogP contribution in [0.3, 0.4) is 0 Å². The summed E-state index contributed by atoms with van der Waals surface area (Å²) in [7, 11) is 0. The highest BCUT2D eigenvalue weighted by Crippen LogP contribution is 2.24. The van der Waals surface area contributed by atoms with Crippen molar-refractivity contribution in [3.8, 4) is 11.3 Å². The molecular weight excluding hydrogens is 332 g/mol. The van der Waals surface area contributed by atoms with E-state index < -0.39 is 0 Å². The van der Waals surface area contributed by atoms with Crippen LogP contribution in [0, 0.1) is 0 Å². The largest absolute Gasteiger partial charge is 0.457 e. The fourth-order valence-corrected chi connectivity index (χ4v) is 3.78. The van der Waals surface area contributed by atoms with Crippen molar-refractivity contribution in [3.63, 3.8) is 0 Å². The number of rotatable bonds is 2. The van der Waals surface area contributed by atoms with Crippen molar-refractivity contribution >= 4 is 29.0 Å². The van der Waals surface area contributed by atoms with E-state index in [9.17, 15) is 4.79 Å². The number of furan rings is 1. The first-order chi connectivity index (χ1) is 11.2. The average Bonchev–Trinajstić information content (AvgIpc) is 3.14. The van der Waals surface area contributed by atoms with Crippen LogP contribution in [0.2, 0.25) is 5.02 Å². The van der Waals surface area contributed by atoms with E-state index in [1.165, 1.54) is 11.3 Å². The quantitative estimate of drug-likeness (QED) is 0.717. The third kappa shape index (κ3) is 2.78. The summed E-state index contributed by atoms with van der Waals surface area (Å²) >= 11 is 7.42. The van der Waals surface area contributed by atoms with Crippen LogP contribution in [0.4, 0.5) is 0 Å². The molecule has 3 heterocycles. The molecule has 23 heavy (non-hydrogen) atoms. The second-order valence-corrected chi connectivity index (χ2v) is 6.74.